The third-order valence-corrected chi connectivity index (χ3v) is 3.98. The lowest BCUT2D eigenvalue weighted by molar-refractivity contribution is -0.389. The van der Waals surface area contributed by atoms with E-state index in [1.54, 1.807) is 38.1 Å². The molecule has 2 aromatic heterocycles. The number of hydrogen-bond acceptors (Lipinski definition) is 6. The van der Waals surface area contributed by atoms with Crippen LogP contribution >= 0.6 is 11.6 Å². The number of nitrogens with one attached hydrogen (secondary N) is 1. The maximum Gasteiger partial charge on any atom is 0.390 e. The van der Waals surface area contributed by atoms with Crippen LogP contribution in [0.1, 0.15) is 27.5 Å². The molecule has 0 aliphatic rings. The minimum atomic E-state index is -0.573. The van der Waals surface area contributed by atoms with E-state index in [4.69, 9.17) is 16.1 Å². The van der Waals surface area contributed by atoms with Gasteiger partial charge in [-0.2, -0.15) is 4.68 Å². The van der Waals surface area contributed by atoms with E-state index in [2.05, 4.69) is 15.6 Å². The van der Waals surface area contributed by atoms with Gasteiger partial charge in [0, 0.05) is 10.7 Å². The maximum absolute atomic E-state index is 12.5. The van der Waals surface area contributed by atoms with Crippen LogP contribution < -0.4 is 5.32 Å². The highest BCUT2D eigenvalue weighted by Gasteiger charge is 2.23. The number of carbonyl (C=O) groups excluding carboxylic acids is 1. The van der Waals surface area contributed by atoms with Gasteiger partial charge in [-0.1, -0.05) is 22.8 Å². The molecule has 0 bridgehead atoms. The van der Waals surface area contributed by atoms with Gasteiger partial charge in [-0.3, -0.25) is 4.79 Å². The van der Waals surface area contributed by atoms with Crippen molar-refractivity contribution in [1.82, 2.24) is 14.9 Å². The second kappa shape index (κ2) is 6.96. The largest absolute Gasteiger partial charge is 0.390 e. The van der Waals surface area contributed by atoms with Crippen molar-refractivity contribution in [1.29, 1.82) is 0 Å². The van der Waals surface area contributed by atoms with Crippen molar-refractivity contribution in [2.45, 2.75) is 20.4 Å². The van der Waals surface area contributed by atoms with Crippen molar-refractivity contribution in [2.75, 3.05) is 5.32 Å². The van der Waals surface area contributed by atoms with Crippen molar-refractivity contribution in [3.05, 3.63) is 68.2 Å². The van der Waals surface area contributed by atoms with E-state index in [-0.39, 0.29) is 18.1 Å². The van der Waals surface area contributed by atoms with Gasteiger partial charge in [0.15, 0.2) is 5.69 Å². The fourth-order valence-corrected chi connectivity index (χ4v) is 2.59. The molecule has 0 spiro atoms. The molecule has 10 heteroatoms. The van der Waals surface area contributed by atoms with Crippen molar-refractivity contribution in [3.8, 4) is 0 Å². The number of aryl methyl sites for hydroxylation is 2. The molecule has 0 radical (unpaired) electrons. The predicted molar refractivity (Wildman–Crippen MR) is 93.4 cm³/mol. The molecule has 3 rings (SSSR count). The molecule has 0 atom stereocenters. The smallest absolute Gasteiger partial charge is 0.361 e. The standard InChI is InChI=1S/C16H14ClN5O4/c1-9-6-14(22(24)25)19-21(9)8-13-10(2)26-20-15(13)16(23)18-12-5-3-4-11(17)7-12/h3-7H,8H2,1-2H3,(H,18,23). The molecule has 3 aromatic rings. The summed E-state index contributed by atoms with van der Waals surface area (Å²) in [7, 11) is 0. The topological polar surface area (TPSA) is 116 Å². The number of nitro groups is 1. The number of amides is 1. The number of nitrogens with zero attached hydrogens (tertiary/aromatic N) is 4. The van der Waals surface area contributed by atoms with Crippen LogP contribution in [0.3, 0.4) is 0 Å². The zero-order valence-electron chi connectivity index (χ0n) is 13.9. The molecule has 0 unspecified atom stereocenters. The van der Waals surface area contributed by atoms with Crippen molar-refractivity contribution in [2.24, 2.45) is 0 Å². The first-order valence-electron chi connectivity index (χ1n) is 7.56. The summed E-state index contributed by atoms with van der Waals surface area (Å²) in [6.07, 6.45) is 0. The molecule has 1 aromatic carbocycles. The van der Waals surface area contributed by atoms with Gasteiger partial charge in [0.25, 0.3) is 5.91 Å². The summed E-state index contributed by atoms with van der Waals surface area (Å²) in [5.41, 5.74) is 1.67. The van der Waals surface area contributed by atoms with Crippen LogP contribution in [0, 0.1) is 24.0 Å². The van der Waals surface area contributed by atoms with Crippen LogP contribution in [-0.2, 0) is 6.54 Å². The number of rotatable bonds is 5. The Morgan fingerprint density at radius 1 is 1.38 bits per heavy atom. The van der Waals surface area contributed by atoms with E-state index >= 15 is 0 Å². The number of aromatic nitrogens is 3. The second-order valence-electron chi connectivity index (χ2n) is 5.59. The molecule has 0 aliphatic heterocycles. The normalized spacial score (nSPS) is 10.7. The summed E-state index contributed by atoms with van der Waals surface area (Å²) in [4.78, 5) is 22.8. The molecule has 26 heavy (non-hydrogen) atoms. The zero-order chi connectivity index (χ0) is 18.8. The molecule has 1 N–H and O–H groups in total. The minimum Gasteiger partial charge on any atom is -0.361 e. The molecule has 0 aliphatic carbocycles. The Hall–Kier alpha value is -3.20. The van der Waals surface area contributed by atoms with Crippen LogP contribution in [0.2, 0.25) is 5.02 Å². The Morgan fingerprint density at radius 2 is 2.15 bits per heavy atom. The quantitative estimate of drug-likeness (QED) is 0.540. The third kappa shape index (κ3) is 3.57. The van der Waals surface area contributed by atoms with Crippen LogP contribution in [0.4, 0.5) is 11.5 Å². The second-order valence-corrected chi connectivity index (χ2v) is 6.03. The fourth-order valence-electron chi connectivity index (χ4n) is 2.40. The van der Waals surface area contributed by atoms with Crippen LogP contribution in [0.5, 0.6) is 0 Å². The van der Waals surface area contributed by atoms with Crippen LogP contribution in [-0.4, -0.2) is 25.8 Å². The van der Waals surface area contributed by atoms with Gasteiger partial charge in [-0.15, -0.1) is 0 Å². The average molecular weight is 376 g/mol. The monoisotopic (exact) mass is 375 g/mol. The fraction of sp³-hybridized carbons (Fsp3) is 0.188. The van der Waals surface area contributed by atoms with E-state index in [0.717, 1.165) is 0 Å². The lowest BCUT2D eigenvalue weighted by Crippen LogP contribution is -2.16. The van der Waals surface area contributed by atoms with Crippen molar-refractivity contribution in [3.63, 3.8) is 0 Å². The highest BCUT2D eigenvalue weighted by atomic mass is 35.5. The first-order valence-corrected chi connectivity index (χ1v) is 7.94. The molecule has 9 nitrogen and oxygen atoms in total. The van der Waals surface area contributed by atoms with E-state index in [1.165, 1.54) is 10.7 Å². The summed E-state index contributed by atoms with van der Waals surface area (Å²) in [6.45, 7) is 3.47. The maximum atomic E-state index is 12.5. The Kier molecular flexibility index (Phi) is 4.72. The summed E-state index contributed by atoms with van der Waals surface area (Å²) >= 11 is 5.91. The predicted octanol–water partition coefficient (Wildman–Crippen LogP) is 3.35. The van der Waals surface area contributed by atoms with Gasteiger partial charge >= 0.3 is 5.82 Å². The SMILES string of the molecule is Cc1onc(C(=O)Nc2cccc(Cl)c2)c1Cn1nc([N+](=O)[O-])cc1C. The summed E-state index contributed by atoms with van der Waals surface area (Å²) in [6, 6.07) is 8.05. The van der Waals surface area contributed by atoms with Gasteiger partial charge in [0.1, 0.15) is 5.76 Å². The first-order chi connectivity index (χ1) is 12.3. The zero-order valence-corrected chi connectivity index (χ0v) is 14.6. The molecule has 1 amide bonds. The van der Waals surface area contributed by atoms with Gasteiger partial charge in [0.05, 0.1) is 29.0 Å². The average Bonchev–Trinajstić information content (AvgIpc) is 3.12. The van der Waals surface area contributed by atoms with Crippen LogP contribution in [0.15, 0.2) is 34.9 Å². The van der Waals surface area contributed by atoms with Crippen molar-refractivity contribution < 1.29 is 14.2 Å². The Labute approximate surface area is 152 Å². The van der Waals surface area contributed by atoms with E-state index in [0.29, 0.717) is 27.7 Å². The van der Waals surface area contributed by atoms with Crippen molar-refractivity contribution >= 4 is 29.0 Å². The number of hydrogen-bond donors (Lipinski definition) is 1. The van der Waals surface area contributed by atoms with Gasteiger partial charge < -0.3 is 20.0 Å². The third-order valence-electron chi connectivity index (χ3n) is 3.75. The number of anilines is 1. The molecule has 2 heterocycles. The van der Waals surface area contributed by atoms with Crippen LogP contribution in [0.25, 0.3) is 0 Å². The minimum absolute atomic E-state index is 0.0834. The molecular formula is C16H14ClN5O4. The summed E-state index contributed by atoms with van der Waals surface area (Å²) < 4.78 is 6.56. The first kappa shape index (κ1) is 17.6. The lowest BCUT2D eigenvalue weighted by Gasteiger charge is -2.05. The number of halogens is 1. The Morgan fingerprint density at radius 3 is 2.81 bits per heavy atom. The molecular weight excluding hydrogens is 362 g/mol. The van der Waals surface area contributed by atoms with Gasteiger partial charge in [-0.05, 0) is 37.0 Å². The number of benzene rings is 1. The highest BCUT2D eigenvalue weighted by Crippen LogP contribution is 2.20. The molecule has 0 saturated carbocycles. The molecule has 0 saturated heterocycles. The van der Waals surface area contributed by atoms with E-state index < -0.39 is 10.8 Å². The lowest BCUT2D eigenvalue weighted by atomic mass is 10.1. The molecule has 134 valence electrons. The summed E-state index contributed by atoms with van der Waals surface area (Å²) in [5, 5.41) is 21.8. The highest BCUT2D eigenvalue weighted by molar-refractivity contribution is 6.30. The Bertz CT molecular complexity index is 994. The number of carbonyl (C=O) groups is 1. The van der Waals surface area contributed by atoms with Gasteiger partial charge in [-0.25, -0.2) is 0 Å². The van der Waals surface area contributed by atoms with Gasteiger partial charge in [0.2, 0.25) is 0 Å². The van der Waals surface area contributed by atoms with E-state index in [1.807, 2.05) is 0 Å². The van der Waals surface area contributed by atoms with E-state index in [9.17, 15) is 14.9 Å². The Balaban J connectivity index is 1.87. The summed E-state index contributed by atoms with van der Waals surface area (Å²) in [5.74, 6) is -0.307. The molecule has 0 fully saturated rings.